The van der Waals surface area contributed by atoms with Crippen LogP contribution in [0.1, 0.15) is 11.1 Å². The maximum Gasteiger partial charge on any atom is 0.132 e. The van der Waals surface area contributed by atoms with E-state index in [9.17, 15) is 4.39 Å². The number of hydrogen-bond acceptors (Lipinski definition) is 4. The van der Waals surface area contributed by atoms with Crippen molar-refractivity contribution in [1.29, 1.82) is 0 Å². The number of aliphatic hydroxyl groups excluding tert-OH is 1. The molecule has 0 bridgehead atoms. The molecule has 1 aromatic carbocycles. The van der Waals surface area contributed by atoms with Crippen LogP contribution in [0.25, 0.3) is 0 Å². The Labute approximate surface area is 106 Å². The summed E-state index contributed by atoms with van der Waals surface area (Å²) >= 11 is 0. The lowest BCUT2D eigenvalue weighted by Gasteiger charge is -2.32. The summed E-state index contributed by atoms with van der Waals surface area (Å²) in [6.45, 7) is 2.69. The van der Waals surface area contributed by atoms with Crippen LogP contribution in [0.5, 0.6) is 0 Å². The summed E-state index contributed by atoms with van der Waals surface area (Å²) in [6, 6.07) is 5.30. The molecule has 1 heterocycles. The van der Waals surface area contributed by atoms with E-state index in [4.69, 9.17) is 15.6 Å². The number of morpholine rings is 1. The predicted octanol–water partition coefficient (Wildman–Crippen LogP) is 0.477. The zero-order chi connectivity index (χ0) is 13.0. The number of halogens is 1. The summed E-state index contributed by atoms with van der Waals surface area (Å²) in [7, 11) is 0. The molecule has 1 saturated heterocycles. The SMILES string of the molecule is NCc1cccc(CN2CCOC(CO)C2)c1F. The lowest BCUT2D eigenvalue weighted by molar-refractivity contribution is -0.0553. The van der Waals surface area contributed by atoms with Gasteiger partial charge >= 0.3 is 0 Å². The number of nitrogens with two attached hydrogens (primary N) is 1. The van der Waals surface area contributed by atoms with Crippen LogP contribution < -0.4 is 5.73 Å². The second-order valence-corrected chi connectivity index (χ2v) is 4.50. The summed E-state index contributed by atoms with van der Waals surface area (Å²) < 4.78 is 19.4. The van der Waals surface area contributed by atoms with Crippen LogP contribution in [0, 0.1) is 5.82 Å². The van der Waals surface area contributed by atoms with Gasteiger partial charge in [-0.2, -0.15) is 0 Å². The largest absolute Gasteiger partial charge is 0.394 e. The van der Waals surface area contributed by atoms with Gasteiger partial charge in [0.05, 0.1) is 19.3 Å². The monoisotopic (exact) mass is 254 g/mol. The Morgan fingerprint density at radius 3 is 2.94 bits per heavy atom. The number of hydrogen-bond donors (Lipinski definition) is 2. The molecule has 0 aromatic heterocycles. The molecule has 0 aliphatic carbocycles. The van der Waals surface area contributed by atoms with Gasteiger partial charge in [0, 0.05) is 37.3 Å². The number of ether oxygens (including phenoxy) is 1. The molecule has 2 rings (SSSR count). The average Bonchev–Trinajstić information content (AvgIpc) is 2.41. The number of rotatable bonds is 4. The lowest BCUT2D eigenvalue weighted by atomic mass is 10.1. The highest BCUT2D eigenvalue weighted by molar-refractivity contribution is 5.25. The van der Waals surface area contributed by atoms with Crippen molar-refractivity contribution in [2.45, 2.75) is 19.2 Å². The molecule has 1 aliphatic heterocycles. The fraction of sp³-hybridized carbons (Fsp3) is 0.538. The molecule has 0 spiro atoms. The molecule has 100 valence electrons. The van der Waals surface area contributed by atoms with Crippen LogP contribution >= 0.6 is 0 Å². The van der Waals surface area contributed by atoms with Gasteiger partial charge < -0.3 is 15.6 Å². The molecule has 5 heteroatoms. The first-order valence-corrected chi connectivity index (χ1v) is 6.15. The van der Waals surface area contributed by atoms with E-state index in [1.807, 2.05) is 6.07 Å². The van der Waals surface area contributed by atoms with Gasteiger partial charge in [0.25, 0.3) is 0 Å². The Bertz CT molecular complexity index is 401. The van der Waals surface area contributed by atoms with E-state index < -0.39 is 0 Å². The van der Waals surface area contributed by atoms with Crippen LogP contribution in [-0.4, -0.2) is 42.4 Å². The van der Waals surface area contributed by atoms with E-state index in [1.54, 1.807) is 12.1 Å². The third-order valence-electron chi connectivity index (χ3n) is 3.20. The molecule has 1 unspecified atom stereocenters. The van der Waals surface area contributed by atoms with Crippen molar-refractivity contribution in [3.05, 3.63) is 35.1 Å². The van der Waals surface area contributed by atoms with Crippen molar-refractivity contribution in [3.8, 4) is 0 Å². The van der Waals surface area contributed by atoms with Gasteiger partial charge in [-0.05, 0) is 0 Å². The van der Waals surface area contributed by atoms with Crippen LogP contribution in [0.3, 0.4) is 0 Å². The summed E-state index contributed by atoms with van der Waals surface area (Å²) in [5.74, 6) is -0.216. The minimum absolute atomic E-state index is 0.00181. The molecule has 1 aliphatic rings. The van der Waals surface area contributed by atoms with Crippen LogP contribution in [0.15, 0.2) is 18.2 Å². The van der Waals surface area contributed by atoms with E-state index in [2.05, 4.69) is 4.90 Å². The topological polar surface area (TPSA) is 58.7 Å². The highest BCUT2D eigenvalue weighted by atomic mass is 19.1. The molecule has 0 saturated carbocycles. The van der Waals surface area contributed by atoms with Crippen molar-refractivity contribution >= 4 is 0 Å². The van der Waals surface area contributed by atoms with Crippen LogP contribution in [0.4, 0.5) is 4.39 Å². The Kier molecular flexibility index (Phi) is 4.66. The van der Waals surface area contributed by atoms with Crippen LogP contribution in [-0.2, 0) is 17.8 Å². The smallest absolute Gasteiger partial charge is 0.132 e. The van der Waals surface area contributed by atoms with Gasteiger partial charge in [-0.3, -0.25) is 4.90 Å². The number of benzene rings is 1. The predicted molar refractivity (Wildman–Crippen MR) is 66.4 cm³/mol. The standard InChI is InChI=1S/C13H19FN2O2/c14-13-10(6-15)2-1-3-11(13)7-16-4-5-18-12(8-16)9-17/h1-3,12,17H,4-9,15H2. The maximum atomic E-state index is 14.0. The summed E-state index contributed by atoms with van der Waals surface area (Å²) in [5, 5.41) is 9.07. The first-order chi connectivity index (χ1) is 8.74. The maximum absolute atomic E-state index is 14.0. The van der Waals surface area contributed by atoms with E-state index in [1.165, 1.54) is 0 Å². The summed E-state index contributed by atoms with van der Waals surface area (Å²) in [4.78, 5) is 2.09. The summed E-state index contributed by atoms with van der Waals surface area (Å²) in [5.41, 5.74) is 6.68. The lowest BCUT2D eigenvalue weighted by Crippen LogP contribution is -2.43. The minimum atomic E-state index is -0.216. The van der Waals surface area contributed by atoms with Gasteiger partial charge in [0.1, 0.15) is 5.82 Å². The van der Waals surface area contributed by atoms with Crippen molar-refractivity contribution in [2.75, 3.05) is 26.3 Å². The Balaban J connectivity index is 2.04. The molecule has 3 N–H and O–H groups in total. The quantitative estimate of drug-likeness (QED) is 0.820. The first-order valence-electron chi connectivity index (χ1n) is 6.15. The zero-order valence-corrected chi connectivity index (χ0v) is 10.3. The van der Waals surface area contributed by atoms with E-state index in [0.717, 1.165) is 6.54 Å². The van der Waals surface area contributed by atoms with E-state index in [-0.39, 0.29) is 25.1 Å². The van der Waals surface area contributed by atoms with Crippen molar-refractivity contribution in [2.24, 2.45) is 5.73 Å². The first kappa shape index (κ1) is 13.4. The minimum Gasteiger partial charge on any atom is -0.394 e. The zero-order valence-electron chi connectivity index (χ0n) is 10.3. The van der Waals surface area contributed by atoms with Crippen LogP contribution in [0.2, 0.25) is 0 Å². The van der Waals surface area contributed by atoms with Gasteiger partial charge in [-0.25, -0.2) is 4.39 Å². The average molecular weight is 254 g/mol. The molecule has 1 atom stereocenters. The molecule has 0 amide bonds. The Hall–Kier alpha value is -1.01. The number of aliphatic hydroxyl groups is 1. The third-order valence-corrected chi connectivity index (χ3v) is 3.20. The second-order valence-electron chi connectivity index (χ2n) is 4.50. The fourth-order valence-corrected chi connectivity index (χ4v) is 2.19. The van der Waals surface area contributed by atoms with Crippen molar-refractivity contribution in [1.82, 2.24) is 4.90 Å². The molecule has 0 radical (unpaired) electrons. The fourth-order valence-electron chi connectivity index (χ4n) is 2.19. The van der Waals surface area contributed by atoms with E-state index >= 15 is 0 Å². The Morgan fingerprint density at radius 2 is 2.22 bits per heavy atom. The van der Waals surface area contributed by atoms with Gasteiger partial charge in [-0.15, -0.1) is 0 Å². The second kappa shape index (κ2) is 6.24. The highest BCUT2D eigenvalue weighted by Crippen LogP contribution is 2.16. The van der Waals surface area contributed by atoms with Crippen molar-refractivity contribution in [3.63, 3.8) is 0 Å². The molecular formula is C13H19FN2O2. The van der Waals surface area contributed by atoms with Crippen molar-refractivity contribution < 1.29 is 14.2 Å². The van der Waals surface area contributed by atoms with Gasteiger partial charge in [0.15, 0.2) is 0 Å². The third kappa shape index (κ3) is 3.05. The number of nitrogens with zero attached hydrogens (tertiary/aromatic N) is 1. The molecular weight excluding hydrogens is 235 g/mol. The molecule has 1 fully saturated rings. The molecule has 18 heavy (non-hydrogen) atoms. The highest BCUT2D eigenvalue weighted by Gasteiger charge is 2.20. The molecule has 1 aromatic rings. The Morgan fingerprint density at radius 1 is 1.44 bits per heavy atom. The normalized spacial score (nSPS) is 21.2. The van der Waals surface area contributed by atoms with Gasteiger partial charge in [-0.1, -0.05) is 18.2 Å². The molecule has 4 nitrogen and oxygen atoms in total. The summed E-state index contributed by atoms with van der Waals surface area (Å²) in [6.07, 6.45) is -0.167. The van der Waals surface area contributed by atoms with E-state index in [0.29, 0.717) is 30.8 Å². The van der Waals surface area contributed by atoms with Gasteiger partial charge in [0.2, 0.25) is 0 Å².